The fourth-order valence-electron chi connectivity index (χ4n) is 3.30. The smallest absolute Gasteiger partial charge is 0.416 e. The van der Waals surface area contributed by atoms with Crippen molar-refractivity contribution < 1.29 is 17.6 Å². The molecule has 6 nitrogen and oxygen atoms in total. The Hall–Kier alpha value is -2.55. The minimum Gasteiger partial charge on any atom is -0.444 e. The zero-order valence-corrected chi connectivity index (χ0v) is 18.8. The summed E-state index contributed by atoms with van der Waals surface area (Å²) in [5.41, 5.74) is 1.01. The Morgan fingerprint density at radius 1 is 1.10 bits per heavy atom. The monoisotopic (exact) mass is 439 g/mol. The van der Waals surface area contributed by atoms with Crippen LogP contribution in [-0.4, -0.2) is 42.0 Å². The molecule has 172 valence electrons. The first-order chi connectivity index (χ1) is 14.7. The Labute approximate surface area is 181 Å². The van der Waals surface area contributed by atoms with Crippen LogP contribution in [0.2, 0.25) is 0 Å². The van der Waals surface area contributed by atoms with E-state index in [4.69, 9.17) is 4.42 Å². The Kier molecular flexibility index (Phi) is 8.91. The van der Waals surface area contributed by atoms with Crippen molar-refractivity contribution >= 4 is 5.96 Å². The van der Waals surface area contributed by atoms with Crippen molar-refractivity contribution in [1.29, 1.82) is 0 Å². The molecule has 31 heavy (non-hydrogen) atoms. The first kappa shape index (κ1) is 24.7. The highest BCUT2D eigenvalue weighted by molar-refractivity contribution is 5.79. The molecule has 2 N–H and O–H groups in total. The van der Waals surface area contributed by atoms with E-state index >= 15 is 0 Å². The molecule has 2 aromatic rings. The molecule has 9 heteroatoms. The molecule has 1 heterocycles. The third-order valence-corrected chi connectivity index (χ3v) is 5.13. The van der Waals surface area contributed by atoms with Crippen molar-refractivity contribution in [3.05, 3.63) is 52.7 Å². The molecule has 0 aliphatic rings. The number of hydrogen-bond donors (Lipinski definition) is 2. The Balaban J connectivity index is 2.17. The highest BCUT2D eigenvalue weighted by Gasteiger charge is 2.30. The van der Waals surface area contributed by atoms with Gasteiger partial charge in [0, 0.05) is 13.1 Å². The summed E-state index contributed by atoms with van der Waals surface area (Å²) >= 11 is 0. The number of hydrogen-bond acceptors (Lipinski definition) is 4. The van der Waals surface area contributed by atoms with Gasteiger partial charge in [-0.25, -0.2) is 9.98 Å². The summed E-state index contributed by atoms with van der Waals surface area (Å²) in [6.07, 6.45) is -4.34. The maximum absolute atomic E-state index is 12.9. The normalized spacial score (nSPS) is 13.5. The zero-order valence-electron chi connectivity index (χ0n) is 18.8. The van der Waals surface area contributed by atoms with E-state index in [1.807, 2.05) is 34.6 Å². The van der Waals surface area contributed by atoms with Crippen LogP contribution in [-0.2, 0) is 12.7 Å². The van der Waals surface area contributed by atoms with Crippen LogP contribution in [0.3, 0.4) is 0 Å². The van der Waals surface area contributed by atoms with E-state index in [1.165, 1.54) is 0 Å². The predicted octanol–water partition coefficient (Wildman–Crippen LogP) is 4.45. The molecule has 0 amide bonds. The summed E-state index contributed by atoms with van der Waals surface area (Å²) in [5.74, 6) is 1.90. The summed E-state index contributed by atoms with van der Waals surface area (Å²) < 4.78 is 44.4. The highest BCUT2D eigenvalue weighted by atomic mass is 19.4. The van der Waals surface area contributed by atoms with Gasteiger partial charge in [-0.05, 0) is 51.6 Å². The number of nitrogens with zero attached hydrogens (tertiary/aromatic N) is 3. The SMILES string of the molecule is CCNC(=NCc1nc(C)c(C)o1)NCC(c1ccc(C(F)(F)F)cc1)N(CC)CC. The number of nitrogens with one attached hydrogen (secondary N) is 2. The van der Waals surface area contributed by atoms with Crippen LogP contribution < -0.4 is 10.6 Å². The summed E-state index contributed by atoms with van der Waals surface area (Å²) in [6, 6.07) is 5.27. The van der Waals surface area contributed by atoms with Crippen LogP contribution in [0.4, 0.5) is 13.2 Å². The molecule has 0 saturated carbocycles. The summed E-state index contributed by atoms with van der Waals surface area (Å²) in [6.45, 7) is 12.8. The van der Waals surface area contributed by atoms with Gasteiger partial charge in [-0.3, -0.25) is 4.90 Å². The lowest BCUT2D eigenvalue weighted by Gasteiger charge is -2.31. The lowest BCUT2D eigenvalue weighted by molar-refractivity contribution is -0.137. The average Bonchev–Trinajstić information content (AvgIpc) is 3.06. The van der Waals surface area contributed by atoms with E-state index < -0.39 is 11.7 Å². The van der Waals surface area contributed by atoms with E-state index in [0.29, 0.717) is 31.5 Å². The van der Waals surface area contributed by atoms with Crippen LogP contribution in [0, 0.1) is 13.8 Å². The van der Waals surface area contributed by atoms with E-state index in [1.54, 1.807) is 12.1 Å². The van der Waals surface area contributed by atoms with Gasteiger partial charge in [0.2, 0.25) is 5.89 Å². The van der Waals surface area contributed by atoms with Crippen LogP contribution in [0.5, 0.6) is 0 Å². The molecule has 0 bridgehead atoms. The quantitative estimate of drug-likeness (QED) is 0.447. The number of rotatable bonds is 9. The summed E-state index contributed by atoms with van der Waals surface area (Å²) in [5, 5.41) is 6.50. The van der Waals surface area contributed by atoms with Gasteiger partial charge in [0.1, 0.15) is 12.3 Å². The maximum atomic E-state index is 12.9. The Bertz CT molecular complexity index is 822. The number of oxazole rings is 1. The van der Waals surface area contributed by atoms with E-state index in [-0.39, 0.29) is 6.04 Å². The number of aliphatic imine (C=N–C) groups is 1. The second kappa shape index (κ2) is 11.2. The zero-order chi connectivity index (χ0) is 23.0. The third kappa shape index (κ3) is 6.99. The number of aromatic nitrogens is 1. The predicted molar refractivity (Wildman–Crippen MR) is 116 cm³/mol. The molecule has 0 radical (unpaired) electrons. The van der Waals surface area contributed by atoms with Gasteiger partial charge in [0.25, 0.3) is 0 Å². The van der Waals surface area contributed by atoms with Gasteiger partial charge in [-0.1, -0.05) is 26.0 Å². The Morgan fingerprint density at radius 2 is 1.74 bits per heavy atom. The maximum Gasteiger partial charge on any atom is 0.416 e. The number of benzene rings is 1. The van der Waals surface area contributed by atoms with Crippen LogP contribution in [0.25, 0.3) is 0 Å². The molecule has 0 spiro atoms. The number of alkyl halides is 3. The van der Waals surface area contributed by atoms with E-state index in [0.717, 1.165) is 42.2 Å². The van der Waals surface area contributed by atoms with Gasteiger partial charge >= 0.3 is 6.18 Å². The molecule has 1 unspecified atom stereocenters. The van der Waals surface area contributed by atoms with Crippen molar-refractivity contribution in [3.8, 4) is 0 Å². The van der Waals surface area contributed by atoms with E-state index in [2.05, 4.69) is 25.5 Å². The molecule has 2 rings (SSSR count). The van der Waals surface area contributed by atoms with Crippen LogP contribution in [0.15, 0.2) is 33.7 Å². The minimum absolute atomic E-state index is 0.104. The van der Waals surface area contributed by atoms with Gasteiger partial charge < -0.3 is 15.1 Å². The number of halogens is 3. The molecule has 1 atom stereocenters. The lowest BCUT2D eigenvalue weighted by Crippen LogP contribution is -2.43. The lowest BCUT2D eigenvalue weighted by atomic mass is 10.0. The number of aryl methyl sites for hydroxylation is 2. The van der Waals surface area contributed by atoms with Gasteiger partial charge in [-0.15, -0.1) is 0 Å². The minimum atomic E-state index is -4.34. The molecular weight excluding hydrogens is 407 g/mol. The molecule has 1 aromatic carbocycles. The van der Waals surface area contributed by atoms with Crippen molar-refractivity contribution in [2.45, 2.75) is 53.4 Å². The van der Waals surface area contributed by atoms with Crippen molar-refractivity contribution in [2.75, 3.05) is 26.2 Å². The first-order valence-corrected chi connectivity index (χ1v) is 10.6. The second-order valence-corrected chi connectivity index (χ2v) is 7.18. The third-order valence-electron chi connectivity index (χ3n) is 5.13. The summed E-state index contributed by atoms with van der Waals surface area (Å²) in [4.78, 5) is 11.1. The number of guanidine groups is 1. The van der Waals surface area contributed by atoms with Gasteiger partial charge in [0.15, 0.2) is 5.96 Å². The van der Waals surface area contributed by atoms with Crippen molar-refractivity contribution in [2.24, 2.45) is 4.99 Å². The van der Waals surface area contributed by atoms with Crippen LogP contribution >= 0.6 is 0 Å². The van der Waals surface area contributed by atoms with Gasteiger partial charge in [0.05, 0.1) is 17.3 Å². The fraction of sp³-hybridized carbons (Fsp3) is 0.545. The van der Waals surface area contributed by atoms with E-state index in [9.17, 15) is 13.2 Å². The largest absolute Gasteiger partial charge is 0.444 e. The van der Waals surface area contributed by atoms with Crippen molar-refractivity contribution in [3.63, 3.8) is 0 Å². The molecule has 0 fully saturated rings. The molecular formula is C22H32F3N5O. The summed E-state index contributed by atoms with van der Waals surface area (Å²) in [7, 11) is 0. The van der Waals surface area contributed by atoms with Crippen molar-refractivity contribution in [1.82, 2.24) is 20.5 Å². The highest BCUT2D eigenvalue weighted by Crippen LogP contribution is 2.30. The molecule has 0 saturated heterocycles. The first-order valence-electron chi connectivity index (χ1n) is 10.6. The standard InChI is InChI=1S/C22H32F3N5O/c1-6-26-21(28-14-20-29-15(4)16(5)31-20)27-13-19(30(7-2)8-3)17-9-11-18(12-10-17)22(23,24)25/h9-12,19H,6-8,13-14H2,1-5H3,(H2,26,27,28). The fourth-order valence-corrected chi connectivity index (χ4v) is 3.30. The second-order valence-electron chi connectivity index (χ2n) is 7.18. The Morgan fingerprint density at radius 3 is 2.23 bits per heavy atom. The molecule has 0 aliphatic heterocycles. The molecule has 0 aliphatic carbocycles. The van der Waals surface area contributed by atoms with Gasteiger partial charge in [-0.2, -0.15) is 13.2 Å². The average molecular weight is 440 g/mol. The molecule has 1 aromatic heterocycles. The van der Waals surface area contributed by atoms with Crippen LogP contribution in [0.1, 0.15) is 55.3 Å². The number of likely N-dealkylation sites (N-methyl/N-ethyl adjacent to an activating group) is 1. The topological polar surface area (TPSA) is 65.7 Å².